The maximum absolute atomic E-state index is 4.16. The predicted molar refractivity (Wildman–Crippen MR) is 45.3 cm³/mol. The van der Waals surface area contributed by atoms with E-state index in [0.717, 1.165) is 11.3 Å². The summed E-state index contributed by atoms with van der Waals surface area (Å²) in [6, 6.07) is 10.8. The number of aryl methyl sites for hydroxylation is 1. The van der Waals surface area contributed by atoms with E-state index in [4.69, 9.17) is 0 Å². The Morgan fingerprint density at radius 1 is 1.38 bits per heavy atom. The van der Waals surface area contributed by atoms with Crippen molar-refractivity contribution >= 4 is 0 Å². The third kappa shape index (κ3) is 2.23. The molecule has 1 radical (unpaired) electrons. The van der Waals surface area contributed by atoms with Gasteiger partial charge in [-0.1, -0.05) is 0 Å². The summed E-state index contributed by atoms with van der Waals surface area (Å²) in [7, 11) is 1.80. The van der Waals surface area contributed by atoms with Crippen LogP contribution in [0.5, 0.6) is 0 Å². The first-order valence-electron chi connectivity index (χ1n) is 3.70. The van der Waals surface area contributed by atoms with Gasteiger partial charge < -0.3 is 0 Å². The zero-order chi connectivity index (χ0) is 8.39. The van der Waals surface area contributed by atoms with E-state index in [1.165, 1.54) is 4.80 Å². The third-order valence-corrected chi connectivity index (χ3v) is 1.58. The Hall–Kier alpha value is -0.991. The Bertz CT molecular complexity index is 369. The monoisotopic (exact) mass is 351 g/mol. The molecule has 0 saturated heterocycles. The molecule has 1 aromatic carbocycles. The molecule has 69 valence electrons. The van der Waals surface area contributed by atoms with Crippen molar-refractivity contribution in [3.8, 4) is 11.3 Å². The molecule has 0 atom stereocenters. The molecule has 0 N–H and O–H groups in total. The minimum atomic E-state index is 0. The fourth-order valence-corrected chi connectivity index (χ4v) is 1.02. The van der Waals surface area contributed by atoms with Crippen LogP contribution in [0, 0.1) is 6.07 Å². The van der Waals surface area contributed by atoms with Gasteiger partial charge in [0, 0.05) is 39.0 Å². The first-order chi connectivity index (χ1) is 5.86. The van der Waals surface area contributed by atoms with Gasteiger partial charge in [-0.05, 0) is 0 Å². The van der Waals surface area contributed by atoms with Gasteiger partial charge in [-0.15, -0.1) is 35.9 Å². The molecule has 0 unspecified atom stereocenters. The molecule has 0 fully saturated rings. The Balaban J connectivity index is 0.000000845. The van der Waals surface area contributed by atoms with Crippen molar-refractivity contribution in [1.29, 1.82) is 0 Å². The van der Waals surface area contributed by atoms with Crippen molar-refractivity contribution in [2.75, 3.05) is 0 Å². The quantitative estimate of drug-likeness (QED) is 0.726. The van der Waals surface area contributed by atoms with Crippen molar-refractivity contribution in [3.63, 3.8) is 0 Å². The van der Waals surface area contributed by atoms with Crippen LogP contribution in [0.25, 0.3) is 11.3 Å². The molecule has 0 bridgehead atoms. The van der Waals surface area contributed by atoms with Crippen LogP contribution in [0.1, 0.15) is 0 Å². The molecule has 1 aromatic heterocycles. The number of aromatic nitrogens is 3. The first kappa shape index (κ1) is 10.1. The molecule has 2 aromatic rings. The van der Waals surface area contributed by atoms with Gasteiger partial charge in [0.05, 0.1) is 0 Å². The van der Waals surface area contributed by atoms with E-state index in [1.54, 1.807) is 13.2 Å². The SMILES string of the molecule is Cn1ncc(-c2[c-]cccc2)n1.[Ir]. The zero-order valence-corrected chi connectivity index (χ0v) is 9.46. The smallest absolute Gasteiger partial charge is 0.0486 e. The summed E-state index contributed by atoms with van der Waals surface area (Å²) in [4.78, 5) is 1.54. The van der Waals surface area contributed by atoms with Crippen molar-refractivity contribution in [2.24, 2.45) is 7.05 Å². The summed E-state index contributed by atoms with van der Waals surface area (Å²) in [6.07, 6.45) is 1.73. The Morgan fingerprint density at radius 3 is 2.77 bits per heavy atom. The van der Waals surface area contributed by atoms with E-state index in [9.17, 15) is 0 Å². The van der Waals surface area contributed by atoms with Gasteiger partial charge in [0.25, 0.3) is 0 Å². The maximum atomic E-state index is 4.16. The molecule has 3 nitrogen and oxygen atoms in total. The Labute approximate surface area is 90.1 Å². The van der Waals surface area contributed by atoms with E-state index < -0.39 is 0 Å². The van der Waals surface area contributed by atoms with Gasteiger partial charge in [0.2, 0.25) is 0 Å². The molecule has 13 heavy (non-hydrogen) atoms. The van der Waals surface area contributed by atoms with Gasteiger partial charge in [0.1, 0.15) is 0 Å². The second-order valence-corrected chi connectivity index (χ2v) is 2.50. The van der Waals surface area contributed by atoms with E-state index in [0.29, 0.717) is 0 Å². The summed E-state index contributed by atoms with van der Waals surface area (Å²) in [5, 5.41) is 8.13. The van der Waals surface area contributed by atoms with Crippen LogP contribution < -0.4 is 0 Å². The summed E-state index contributed by atoms with van der Waals surface area (Å²) >= 11 is 0. The van der Waals surface area contributed by atoms with Crippen LogP contribution in [-0.4, -0.2) is 15.0 Å². The van der Waals surface area contributed by atoms with Gasteiger partial charge in [-0.2, -0.15) is 9.90 Å². The molecule has 4 heteroatoms. The number of hydrogen-bond donors (Lipinski definition) is 0. The minimum absolute atomic E-state index is 0. The van der Waals surface area contributed by atoms with Gasteiger partial charge >= 0.3 is 0 Å². The standard InChI is InChI=1S/C9H8N3.Ir/c1-12-10-7-9(11-12)8-5-3-2-4-6-8;/h2-5,7H,1H3;/q-1;. The predicted octanol–water partition coefficient (Wildman–Crippen LogP) is 1.28. The maximum Gasteiger partial charge on any atom is 0.0486 e. The molecule has 0 aliphatic heterocycles. The van der Waals surface area contributed by atoms with Crippen LogP contribution >= 0.6 is 0 Å². The molecule has 0 saturated carbocycles. The average Bonchev–Trinajstić information content (AvgIpc) is 2.54. The van der Waals surface area contributed by atoms with Gasteiger partial charge in [-0.3, -0.25) is 0 Å². The average molecular weight is 350 g/mol. The number of benzene rings is 1. The molecule has 2 rings (SSSR count). The normalized spacial score (nSPS) is 9.31. The topological polar surface area (TPSA) is 30.7 Å². The summed E-state index contributed by atoms with van der Waals surface area (Å²) in [6.45, 7) is 0. The third-order valence-electron chi connectivity index (χ3n) is 1.58. The molecular weight excluding hydrogens is 342 g/mol. The summed E-state index contributed by atoms with van der Waals surface area (Å²) < 4.78 is 0. The van der Waals surface area contributed by atoms with Crippen LogP contribution in [0.3, 0.4) is 0 Å². The number of rotatable bonds is 1. The minimum Gasteiger partial charge on any atom is -0.204 e. The number of nitrogens with zero attached hydrogens (tertiary/aromatic N) is 3. The van der Waals surface area contributed by atoms with Gasteiger partial charge in [0.15, 0.2) is 0 Å². The van der Waals surface area contributed by atoms with Crippen molar-refractivity contribution in [1.82, 2.24) is 15.0 Å². The molecular formula is C9H8IrN3-. The van der Waals surface area contributed by atoms with Crippen molar-refractivity contribution in [3.05, 3.63) is 36.5 Å². The van der Waals surface area contributed by atoms with Crippen LogP contribution in [0.2, 0.25) is 0 Å². The fraction of sp³-hybridized carbons (Fsp3) is 0.111. The van der Waals surface area contributed by atoms with Gasteiger partial charge in [-0.25, -0.2) is 5.10 Å². The molecule has 0 aliphatic rings. The zero-order valence-electron chi connectivity index (χ0n) is 7.06. The number of hydrogen-bond acceptors (Lipinski definition) is 2. The summed E-state index contributed by atoms with van der Waals surface area (Å²) in [5.41, 5.74) is 1.84. The van der Waals surface area contributed by atoms with Crippen LogP contribution in [0.15, 0.2) is 30.5 Å². The Morgan fingerprint density at radius 2 is 2.23 bits per heavy atom. The first-order valence-corrected chi connectivity index (χ1v) is 3.70. The second kappa shape index (κ2) is 4.30. The van der Waals surface area contributed by atoms with Crippen molar-refractivity contribution in [2.45, 2.75) is 0 Å². The van der Waals surface area contributed by atoms with E-state index >= 15 is 0 Å². The molecule has 0 amide bonds. The van der Waals surface area contributed by atoms with Crippen LogP contribution in [-0.2, 0) is 27.2 Å². The second-order valence-electron chi connectivity index (χ2n) is 2.50. The van der Waals surface area contributed by atoms with E-state index in [2.05, 4.69) is 16.3 Å². The van der Waals surface area contributed by atoms with Crippen molar-refractivity contribution < 1.29 is 20.1 Å². The Kier molecular flexibility index (Phi) is 3.34. The van der Waals surface area contributed by atoms with E-state index in [1.807, 2.05) is 24.3 Å². The fourth-order valence-electron chi connectivity index (χ4n) is 1.02. The molecule has 1 heterocycles. The van der Waals surface area contributed by atoms with Crippen LogP contribution in [0.4, 0.5) is 0 Å². The molecule has 0 spiro atoms. The summed E-state index contributed by atoms with van der Waals surface area (Å²) in [5.74, 6) is 0. The van der Waals surface area contributed by atoms with E-state index in [-0.39, 0.29) is 20.1 Å². The molecule has 0 aliphatic carbocycles. The largest absolute Gasteiger partial charge is 0.204 e.